The summed E-state index contributed by atoms with van der Waals surface area (Å²) >= 11 is 0. The van der Waals surface area contributed by atoms with Gasteiger partial charge in [0.15, 0.2) is 0 Å². The van der Waals surface area contributed by atoms with Gasteiger partial charge in [-0.15, -0.1) is 0 Å². The molecule has 0 aliphatic rings. The number of rotatable bonds is 4. The molecule has 2 N–H and O–H groups in total. The molecule has 0 amide bonds. The Kier molecular flexibility index (Phi) is 3.49. The molecule has 78 valence electrons. The average molecular weight is 215 g/mol. The number of hydrogen-bond donors (Lipinski definition) is 2. The highest BCUT2D eigenvalue weighted by molar-refractivity contribution is 7.85. The van der Waals surface area contributed by atoms with Crippen molar-refractivity contribution in [2.75, 3.05) is 11.9 Å². The van der Waals surface area contributed by atoms with Gasteiger partial charge in [0.05, 0.1) is 0 Å². The lowest BCUT2D eigenvalue weighted by Gasteiger charge is -2.08. The highest BCUT2D eigenvalue weighted by Gasteiger charge is 2.09. The molecule has 4 nitrogen and oxygen atoms in total. The first-order chi connectivity index (χ1) is 6.53. The largest absolute Gasteiger partial charge is 0.385 e. The highest BCUT2D eigenvalue weighted by atomic mass is 32.2. The van der Waals surface area contributed by atoms with Gasteiger partial charge in [-0.2, -0.15) is 8.42 Å². The van der Waals surface area contributed by atoms with Gasteiger partial charge in [-0.3, -0.25) is 4.55 Å². The van der Waals surface area contributed by atoms with Crippen LogP contribution in [-0.2, 0) is 15.9 Å². The molecule has 1 aromatic rings. The second-order valence-corrected chi connectivity index (χ2v) is 4.37. The first-order valence-electron chi connectivity index (χ1n) is 4.30. The Morgan fingerprint density at radius 1 is 1.36 bits per heavy atom. The molecule has 1 aromatic carbocycles. The number of hydrogen-bond acceptors (Lipinski definition) is 3. The van der Waals surface area contributed by atoms with E-state index in [9.17, 15) is 8.42 Å². The van der Waals surface area contributed by atoms with Crippen LogP contribution in [0.1, 0.15) is 12.5 Å². The van der Waals surface area contributed by atoms with E-state index in [1.807, 2.05) is 13.0 Å². The van der Waals surface area contributed by atoms with Gasteiger partial charge in [-0.1, -0.05) is 18.2 Å². The minimum absolute atomic E-state index is 0.351. The monoisotopic (exact) mass is 215 g/mol. The van der Waals surface area contributed by atoms with E-state index >= 15 is 0 Å². The zero-order valence-corrected chi connectivity index (χ0v) is 8.71. The Hall–Kier alpha value is -1.07. The summed E-state index contributed by atoms with van der Waals surface area (Å²) in [5.41, 5.74) is 1.32. The van der Waals surface area contributed by atoms with Crippen molar-refractivity contribution in [3.8, 4) is 0 Å². The Balaban J connectivity index is 2.95. The molecule has 0 aliphatic carbocycles. The lowest BCUT2D eigenvalue weighted by Crippen LogP contribution is -2.06. The van der Waals surface area contributed by atoms with Crippen LogP contribution in [0.5, 0.6) is 0 Å². The van der Waals surface area contributed by atoms with Crippen LogP contribution in [0.4, 0.5) is 5.69 Å². The maximum atomic E-state index is 10.7. The smallest absolute Gasteiger partial charge is 0.269 e. The topological polar surface area (TPSA) is 66.4 Å². The van der Waals surface area contributed by atoms with Crippen molar-refractivity contribution in [1.82, 2.24) is 0 Å². The molecule has 0 heterocycles. The molecule has 0 radical (unpaired) electrons. The average Bonchev–Trinajstić information content (AvgIpc) is 2.06. The second kappa shape index (κ2) is 4.43. The molecule has 0 saturated heterocycles. The third kappa shape index (κ3) is 3.35. The molecule has 0 aromatic heterocycles. The van der Waals surface area contributed by atoms with E-state index in [-0.39, 0.29) is 5.75 Å². The van der Waals surface area contributed by atoms with Gasteiger partial charge < -0.3 is 5.32 Å². The number of anilines is 1. The maximum Gasteiger partial charge on any atom is 0.269 e. The number of benzene rings is 1. The summed E-state index contributed by atoms with van der Waals surface area (Å²) in [7, 11) is -3.96. The molecule has 0 bridgehead atoms. The fourth-order valence-electron chi connectivity index (χ4n) is 1.21. The van der Waals surface area contributed by atoms with E-state index in [2.05, 4.69) is 5.32 Å². The standard InChI is InChI=1S/C9H13NO3S/c1-2-10-9-6-4-3-5-8(9)7-14(11,12)13/h3-6,10H,2,7H2,1H3,(H,11,12,13). The Morgan fingerprint density at radius 3 is 2.57 bits per heavy atom. The van der Waals surface area contributed by atoms with Gasteiger partial charge in [0, 0.05) is 12.2 Å². The Morgan fingerprint density at radius 2 is 2.00 bits per heavy atom. The second-order valence-electron chi connectivity index (χ2n) is 2.91. The van der Waals surface area contributed by atoms with E-state index in [4.69, 9.17) is 4.55 Å². The van der Waals surface area contributed by atoms with Crippen molar-refractivity contribution in [2.45, 2.75) is 12.7 Å². The molecular weight excluding hydrogens is 202 g/mol. The lowest BCUT2D eigenvalue weighted by molar-refractivity contribution is 0.482. The predicted molar refractivity (Wildman–Crippen MR) is 55.9 cm³/mol. The number of para-hydroxylation sites is 1. The van der Waals surface area contributed by atoms with Crippen molar-refractivity contribution in [2.24, 2.45) is 0 Å². The van der Waals surface area contributed by atoms with Gasteiger partial charge in [-0.25, -0.2) is 0 Å². The lowest BCUT2D eigenvalue weighted by atomic mass is 10.2. The van der Waals surface area contributed by atoms with Crippen LogP contribution in [0, 0.1) is 0 Å². The van der Waals surface area contributed by atoms with Crippen LogP contribution < -0.4 is 5.32 Å². The summed E-state index contributed by atoms with van der Waals surface area (Å²) in [6.07, 6.45) is 0. The van der Waals surface area contributed by atoms with Crippen LogP contribution in [0.3, 0.4) is 0 Å². The van der Waals surface area contributed by atoms with E-state index < -0.39 is 10.1 Å². The molecule has 5 heteroatoms. The molecule has 14 heavy (non-hydrogen) atoms. The molecule has 0 aliphatic heterocycles. The van der Waals surface area contributed by atoms with Gasteiger partial charge in [-0.05, 0) is 18.6 Å². The van der Waals surface area contributed by atoms with Gasteiger partial charge >= 0.3 is 0 Å². The molecular formula is C9H13NO3S. The van der Waals surface area contributed by atoms with Crippen LogP contribution in [0.15, 0.2) is 24.3 Å². The molecule has 0 saturated carbocycles. The van der Waals surface area contributed by atoms with Crippen LogP contribution in [0.25, 0.3) is 0 Å². The van der Waals surface area contributed by atoms with E-state index in [1.54, 1.807) is 18.2 Å². The van der Waals surface area contributed by atoms with E-state index in [0.29, 0.717) is 12.1 Å². The summed E-state index contributed by atoms with van der Waals surface area (Å²) < 4.78 is 30.1. The van der Waals surface area contributed by atoms with Crippen molar-refractivity contribution in [3.05, 3.63) is 29.8 Å². The third-order valence-corrected chi connectivity index (χ3v) is 2.40. The normalized spacial score (nSPS) is 11.3. The maximum absolute atomic E-state index is 10.7. The molecule has 0 atom stereocenters. The van der Waals surface area contributed by atoms with Gasteiger partial charge in [0.1, 0.15) is 5.75 Å². The van der Waals surface area contributed by atoms with Crippen LogP contribution in [0.2, 0.25) is 0 Å². The summed E-state index contributed by atoms with van der Waals surface area (Å²) in [6, 6.07) is 7.00. The van der Waals surface area contributed by atoms with Crippen LogP contribution in [-0.4, -0.2) is 19.5 Å². The summed E-state index contributed by atoms with van der Waals surface area (Å²) in [6.45, 7) is 2.63. The molecule has 1 rings (SSSR count). The van der Waals surface area contributed by atoms with Crippen molar-refractivity contribution >= 4 is 15.8 Å². The summed E-state index contributed by atoms with van der Waals surface area (Å²) in [5, 5.41) is 3.02. The fourth-order valence-corrected chi connectivity index (χ4v) is 1.85. The van der Waals surface area contributed by atoms with Crippen LogP contribution >= 0.6 is 0 Å². The van der Waals surface area contributed by atoms with Crippen molar-refractivity contribution in [1.29, 1.82) is 0 Å². The van der Waals surface area contributed by atoms with Crippen molar-refractivity contribution < 1.29 is 13.0 Å². The summed E-state index contributed by atoms with van der Waals surface area (Å²) in [5.74, 6) is -0.351. The van der Waals surface area contributed by atoms with Gasteiger partial charge in [0.2, 0.25) is 0 Å². The van der Waals surface area contributed by atoms with E-state index in [0.717, 1.165) is 5.69 Å². The molecule has 0 unspecified atom stereocenters. The Bertz CT molecular complexity index is 400. The Labute approximate surface area is 83.7 Å². The van der Waals surface area contributed by atoms with E-state index in [1.165, 1.54) is 0 Å². The molecule has 0 spiro atoms. The van der Waals surface area contributed by atoms with Gasteiger partial charge in [0.25, 0.3) is 10.1 Å². The zero-order chi connectivity index (χ0) is 10.6. The zero-order valence-electron chi connectivity index (χ0n) is 7.90. The summed E-state index contributed by atoms with van der Waals surface area (Å²) in [4.78, 5) is 0. The highest BCUT2D eigenvalue weighted by Crippen LogP contribution is 2.16. The SMILES string of the molecule is CCNc1ccccc1CS(=O)(=O)O. The third-order valence-electron chi connectivity index (χ3n) is 1.72. The minimum Gasteiger partial charge on any atom is -0.385 e. The first kappa shape index (κ1) is 11.0. The quantitative estimate of drug-likeness (QED) is 0.747. The minimum atomic E-state index is -3.96. The predicted octanol–water partition coefficient (Wildman–Crippen LogP) is 1.51. The number of nitrogens with one attached hydrogen (secondary N) is 1. The fraction of sp³-hybridized carbons (Fsp3) is 0.333. The first-order valence-corrected chi connectivity index (χ1v) is 5.91. The molecule has 0 fully saturated rings. The van der Waals surface area contributed by atoms with Crippen molar-refractivity contribution in [3.63, 3.8) is 0 Å².